The summed E-state index contributed by atoms with van der Waals surface area (Å²) in [6.07, 6.45) is -9.10. The largest absolute Gasteiger partial charge is 0.504 e. The predicted octanol–water partition coefficient (Wildman–Crippen LogP) is 5.16. The van der Waals surface area contributed by atoms with Gasteiger partial charge in [0.1, 0.15) is 59.8 Å². The van der Waals surface area contributed by atoms with Crippen LogP contribution in [0.1, 0.15) is 11.1 Å². The number of aliphatic hydroxyl groups excluding tert-OH is 3. The Bertz CT molecular complexity index is 2300. The number of nitrogens with one attached hydrogen (secondary N) is 1. The van der Waals surface area contributed by atoms with Gasteiger partial charge in [0.05, 0.1) is 7.11 Å². The van der Waals surface area contributed by atoms with Crippen molar-refractivity contribution < 1.29 is 53.3 Å². The maximum Gasteiger partial charge on any atom is 0.256 e. The van der Waals surface area contributed by atoms with E-state index in [9.17, 15) is 30.0 Å². The molecule has 282 valence electrons. The van der Waals surface area contributed by atoms with E-state index in [1.165, 1.54) is 19.2 Å². The van der Waals surface area contributed by atoms with Crippen molar-refractivity contribution in [1.29, 1.82) is 0 Å². The average molecular weight is 748 g/mol. The molecule has 7 rings (SSSR count). The Labute approximate surface area is 314 Å². The third-order valence-electron chi connectivity index (χ3n) is 8.95. The molecule has 1 aliphatic heterocycles. The molecule has 1 aromatic heterocycles. The summed E-state index contributed by atoms with van der Waals surface area (Å²) in [7, 11) is 1.50. The van der Waals surface area contributed by atoms with Crippen molar-refractivity contribution in [2.24, 2.45) is 0 Å². The van der Waals surface area contributed by atoms with Crippen molar-refractivity contribution in [3.63, 3.8) is 0 Å². The van der Waals surface area contributed by atoms with E-state index in [2.05, 4.69) is 5.32 Å². The van der Waals surface area contributed by atoms with Crippen molar-refractivity contribution in [2.75, 3.05) is 12.4 Å². The second-order valence-corrected chi connectivity index (χ2v) is 12.7. The summed E-state index contributed by atoms with van der Waals surface area (Å²) in [5.74, 6) is -0.705. The number of amides is 1. The quantitative estimate of drug-likeness (QED) is 0.111. The van der Waals surface area contributed by atoms with Gasteiger partial charge in [-0.2, -0.15) is 0 Å². The third kappa shape index (κ3) is 8.25. The Morgan fingerprint density at radius 3 is 2.00 bits per heavy atom. The van der Waals surface area contributed by atoms with Gasteiger partial charge in [0.15, 0.2) is 23.0 Å². The Hall–Kier alpha value is -6.38. The summed E-state index contributed by atoms with van der Waals surface area (Å²) in [6.45, 7) is 0.298. The van der Waals surface area contributed by atoms with Gasteiger partial charge in [-0.1, -0.05) is 60.7 Å². The molecule has 5 N–H and O–H groups in total. The number of rotatable bonds is 12. The monoisotopic (exact) mass is 747 g/mol. The fourth-order valence-corrected chi connectivity index (χ4v) is 5.99. The molecule has 5 aromatic carbocycles. The number of aromatic hydroxyl groups is 1. The highest BCUT2D eigenvalue weighted by atomic mass is 16.7. The molecule has 5 unspecified atom stereocenters. The van der Waals surface area contributed by atoms with Gasteiger partial charge in [0.2, 0.25) is 12.0 Å². The number of methoxy groups -OCH3 is 1. The van der Waals surface area contributed by atoms with E-state index in [-0.39, 0.29) is 34.8 Å². The zero-order valence-electron chi connectivity index (χ0n) is 29.4. The van der Waals surface area contributed by atoms with Crippen molar-refractivity contribution in [3.8, 4) is 40.1 Å². The van der Waals surface area contributed by atoms with Gasteiger partial charge in [-0.15, -0.1) is 0 Å². The first kappa shape index (κ1) is 37.0. The number of carbonyl (C=O) groups excluding carboxylic acids is 1. The topological polar surface area (TPSA) is 186 Å². The van der Waals surface area contributed by atoms with Crippen LogP contribution in [0.4, 0.5) is 5.69 Å². The number of anilines is 1. The molecule has 6 aromatic rings. The molecule has 0 bridgehead atoms. The predicted molar refractivity (Wildman–Crippen MR) is 200 cm³/mol. The fraction of sp³-hybridized carbons (Fsp3) is 0.190. The summed E-state index contributed by atoms with van der Waals surface area (Å²) in [5.41, 5.74) is 1.90. The number of ether oxygens (including phenoxy) is 5. The first-order chi connectivity index (χ1) is 26.7. The van der Waals surface area contributed by atoms with Crippen molar-refractivity contribution in [3.05, 3.63) is 143 Å². The van der Waals surface area contributed by atoms with Crippen LogP contribution in [0.2, 0.25) is 0 Å². The smallest absolute Gasteiger partial charge is 0.256 e. The Balaban J connectivity index is 1.19. The molecule has 0 spiro atoms. The minimum absolute atomic E-state index is 0.0688. The van der Waals surface area contributed by atoms with E-state index < -0.39 is 47.8 Å². The number of benzene rings is 5. The van der Waals surface area contributed by atoms with Crippen LogP contribution in [0, 0.1) is 0 Å². The lowest BCUT2D eigenvalue weighted by molar-refractivity contribution is -0.265. The van der Waals surface area contributed by atoms with E-state index in [0.717, 1.165) is 5.56 Å². The van der Waals surface area contributed by atoms with Crippen LogP contribution in [-0.2, 0) is 22.7 Å². The average Bonchev–Trinajstić information content (AvgIpc) is 3.21. The lowest BCUT2D eigenvalue weighted by Crippen LogP contribution is -2.62. The number of fused-ring (bicyclic) bond motifs is 1. The lowest BCUT2D eigenvalue weighted by atomic mass is 9.98. The summed E-state index contributed by atoms with van der Waals surface area (Å²) < 4.78 is 34.9. The number of phenolic OH excluding ortho intramolecular Hbond substituents is 1. The molecule has 1 aliphatic rings. The van der Waals surface area contributed by atoms with Crippen LogP contribution in [-0.4, -0.2) is 64.1 Å². The molecule has 1 saturated heterocycles. The summed E-state index contributed by atoms with van der Waals surface area (Å²) in [4.78, 5) is 26.8. The highest BCUT2D eigenvalue weighted by molar-refractivity contribution is 5.95. The minimum atomic E-state index is -1.89. The van der Waals surface area contributed by atoms with Gasteiger partial charge in [-0.05, 0) is 59.7 Å². The van der Waals surface area contributed by atoms with Gasteiger partial charge in [-0.25, -0.2) is 0 Å². The first-order valence-corrected chi connectivity index (χ1v) is 17.3. The molecule has 5 atom stereocenters. The molecule has 0 saturated carbocycles. The molecule has 2 heterocycles. The molecular formula is C42H37NO12. The maximum atomic E-state index is 13.6. The zero-order chi connectivity index (χ0) is 38.5. The lowest BCUT2D eigenvalue weighted by Gasteiger charge is -2.39. The van der Waals surface area contributed by atoms with Gasteiger partial charge >= 0.3 is 0 Å². The summed E-state index contributed by atoms with van der Waals surface area (Å²) in [6, 6.07) is 34.4. The number of phenols is 1. The Morgan fingerprint density at radius 1 is 0.745 bits per heavy atom. The first-order valence-electron chi connectivity index (χ1n) is 17.3. The Morgan fingerprint density at radius 2 is 1.36 bits per heavy atom. The van der Waals surface area contributed by atoms with E-state index in [4.69, 9.17) is 28.1 Å². The molecule has 1 amide bonds. The molecule has 1 fully saturated rings. The van der Waals surface area contributed by atoms with E-state index in [1.54, 1.807) is 72.8 Å². The van der Waals surface area contributed by atoms with Gasteiger partial charge in [0, 0.05) is 23.4 Å². The fourth-order valence-electron chi connectivity index (χ4n) is 5.99. The summed E-state index contributed by atoms with van der Waals surface area (Å²) >= 11 is 0. The molecular weight excluding hydrogens is 710 g/mol. The molecule has 0 radical (unpaired) electrons. The number of hydrogen-bond acceptors (Lipinski definition) is 12. The van der Waals surface area contributed by atoms with Crippen LogP contribution in [0.3, 0.4) is 0 Å². The molecule has 55 heavy (non-hydrogen) atoms. The van der Waals surface area contributed by atoms with Crippen LogP contribution in [0.25, 0.3) is 22.3 Å². The van der Waals surface area contributed by atoms with E-state index >= 15 is 0 Å². The number of aliphatic hydroxyl groups is 3. The van der Waals surface area contributed by atoms with Crippen molar-refractivity contribution >= 4 is 22.6 Å². The second kappa shape index (κ2) is 16.3. The highest BCUT2D eigenvalue weighted by Gasteiger charge is 2.48. The standard InChI is InChI=1S/C42H37NO12/c1-50-28-18-14-27(15-19-28)43-41(49)40-37(47)36(46)38(48)42(55-40)54-33-21-32-34(35(45)39(33)52-23-25-10-6-3-7-11-25)30(44)20-31(53-32)26-12-16-29(17-13-26)51-22-24-8-4-2-5-9-24/h2-21,36-38,40,42,45-48H,22-23H2,1H3,(H,43,49). The highest BCUT2D eigenvalue weighted by Crippen LogP contribution is 2.44. The zero-order valence-corrected chi connectivity index (χ0v) is 29.4. The van der Waals surface area contributed by atoms with Gasteiger partial charge < -0.3 is 53.8 Å². The molecule has 0 aliphatic carbocycles. The van der Waals surface area contributed by atoms with E-state index in [1.807, 2.05) is 36.4 Å². The van der Waals surface area contributed by atoms with Gasteiger partial charge in [0.25, 0.3) is 5.91 Å². The summed E-state index contributed by atoms with van der Waals surface area (Å²) in [5, 5.41) is 46.4. The molecule has 13 heteroatoms. The maximum absolute atomic E-state index is 13.6. The second-order valence-electron chi connectivity index (χ2n) is 12.7. The van der Waals surface area contributed by atoms with Gasteiger partial charge in [-0.3, -0.25) is 9.59 Å². The van der Waals surface area contributed by atoms with E-state index in [0.29, 0.717) is 34.9 Å². The van der Waals surface area contributed by atoms with Crippen LogP contribution >= 0.6 is 0 Å². The van der Waals surface area contributed by atoms with Crippen molar-refractivity contribution in [2.45, 2.75) is 43.9 Å². The molecule has 13 nitrogen and oxygen atoms in total. The Kier molecular flexibility index (Phi) is 11.0. The van der Waals surface area contributed by atoms with Crippen molar-refractivity contribution in [1.82, 2.24) is 0 Å². The van der Waals surface area contributed by atoms with Crippen LogP contribution < -0.4 is 29.7 Å². The SMILES string of the molecule is COc1ccc(NC(=O)C2OC(Oc3cc4oc(-c5ccc(OCc6ccccc6)cc5)cc(=O)c4c(O)c3OCc3ccccc3)C(O)C(O)C2O)cc1. The third-order valence-corrected chi connectivity index (χ3v) is 8.95. The number of carbonyl (C=O) groups is 1. The van der Waals surface area contributed by atoms with Crippen LogP contribution in [0.15, 0.2) is 131 Å². The number of hydrogen-bond donors (Lipinski definition) is 5. The minimum Gasteiger partial charge on any atom is -0.504 e. The van der Waals surface area contributed by atoms with Crippen LogP contribution in [0.5, 0.6) is 28.7 Å². The normalized spacial score (nSPS) is 19.4.